The van der Waals surface area contributed by atoms with Gasteiger partial charge in [-0.05, 0) is 35.2 Å². The summed E-state index contributed by atoms with van der Waals surface area (Å²) in [6, 6.07) is 24.4. The molecular weight excluding hydrogens is 424 g/mol. The fourth-order valence-corrected chi connectivity index (χ4v) is 4.60. The number of benzene rings is 3. The first-order valence-corrected chi connectivity index (χ1v) is 11.1. The Morgan fingerprint density at radius 2 is 1.59 bits per heavy atom. The normalized spacial score (nSPS) is 15.6. The maximum Gasteiger partial charge on any atom is 0.286 e. The number of phenolic OH excluding ortho intramolecular Hbond substituents is 1. The van der Waals surface area contributed by atoms with Crippen molar-refractivity contribution in [2.45, 2.75) is 24.0 Å². The Hall–Kier alpha value is -3.58. The van der Waals surface area contributed by atoms with Crippen LogP contribution >= 0.6 is 11.8 Å². The molecule has 3 aromatic rings. The molecule has 1 aliphatic rings. The second kappa shape index (κ2) is 9.70. The lowest BCUT2D eigenvalue weighted by atomic mass is 9.88. The molecule has 1 aliphatic heterocycles. The van der Waals surface area contributed by atoms with Crippen LogP contribution in [0.25, 0.3) is 0 Å². The van der Waals surface area contributed by atoms with Crippen molar-refractivity contribution < 1.29 is 19.5 Å². The van der Waals surface area contributed by atoms with E-state index < -0.39 is 5.25 Å². The predicted octanol–water partition coefficient (Wildman–Crippen LogP) is 4.45. The third-order valence-corrected chi connectivity index (χ3v) is 6.30. The molecule has 3 amide bonds. The van der Waals surface area contributed by atoms with Gasteiger partial charge in [-0.1, -0.05) is 78.5 Å². The van der Waals surface area contributed by atoms with Gasteiger partial charge in [0.2, 0.25) is 11.8 Å². The monoisotopic (exact) mass is 446 g/mol. The fourth-order valence-electron chi connectivity index (χ4n) is 3.74. The van der Waals surface area contributed by atoms with E-state index in [0.717, 1.165) is 28.5 Å². The number of anilines is 1. The standard InChI is InChI=1S/C25H22N2O4S/c28-21-12-11-16(14-22-24(30)27-25(31)32-22)13-20(21)26-23(29)15-19(17-7-3-1-4-8-17)18-9-5-2-6-10-18/h1-13,19,22,28H,14-15H2,(H,26,29)(H,27,30,31). The lowest BCUT2D eigenvalue weighted by molar-refractivity contribution is -0.119. The van der Waals surface area contributed by atoms with Crippen LogP contribution in [0.2, 0.25) is 0 Å². The Bertz CT molecular complexity index is 1100. The Labute approximate surface area is 190 Å². The molecule has 6 nitrogen and oxygen atoms in total. The second-order valence-corrected chi connectivity index (χ2v) is 8.74. The first-order chi connectivity index (χ1) is 15.5. The van der Waals surface area contributed by atoms with Crippen molar-refractivity contribution in [3.63, 3.8) is 0 Å². The van der Waals surface area contributed by atoms with Gasteiger partial charge in [0.05, 0.1) is 10.9 Å². The van der Waals surface area contributed by atoms with Gasteiger partial charge in [-0.25, -0.2) is 0 Å². The van der Waals surface area contributed by atoms with E-state index in [1.54, 1.807) is 12.1 Å². The van der Waals surface area contributed by atoms with Crippen molar-refractivity contribution in [1.29, 1.82) is 0 Å². The van der Waals surface area contributed by atoms with Crippen molar-refractivity contribution >= 4 is 34.5 Å². The predicted molar refractivity (Wildman–Crippen MR) is 125 cm³/mol. The molecule has 0 radical (unpaired) electrons. The molecule has 0 saturated carbocycles. The lowest BCUT2D eigenvalue weighted by Crippen LogP contribution is -2.25. The topological polar surface area (TPSA) is 95.5 Å². The number of amides is 3. The van der Waals surface area contributed by atoms with Crippen LogP contribution in [-0.4, -0.2) is 27.4 Å². The van der Waals surface area contributed by atoms with E-state index in [0.29, 0.717) is 6.42 Å². The minimum atomic E-state index is -0.517. The van der Waals surface area contributed by atoms with E-state index in [4.69, 9.17) is 0 Å². The minimum absolute atomic E-state index is 0.0577. The van der Waals surface area contributed by atoms with Crippen LogP contribution in [0.4, 0.5) is 10.5 Å². The van der Waals surface area contributed by atoms with Crippen LogP contribution in [0.5, 0.6) is 5.75 Å². The molecule has 4 rings (SSSR count). The molecule has 0 spiro atoms. The molecule has 0 aliphatic carbocycles. The Kier molecular flexibility index (Phi) is 6.56. The largest absolute Gasteiger partial charge is 0.506 e. The smallest absolute Gasteiger partial charge is 0.286 e. The zero-order valence-electron chi connectivity index (χ0n) is 17.2. The average Bonchev–Trinajstić information content (AvgIpc) is 3.12. The van der Waals surface area contributed by atoms with Gasteiger partial charge < -0.3 is 10.4 Å². The summed E-state index contributed by atoms with van der Waals surface area (Å²) >= 11 is 0.947. The summed E-state index contributed by atoms with van der Waals surface area (Å²) in [6.45, 7) is 0. The number of carbonyl (C=O) groups is 3. The molecule has 32 heavy (non-hydrogen) atoms. The van der Waals surface area contributed by atoms with Gasteiger partial charge in [0.1, 0.15) is 5.75 Å². The Balaban J connectivity index is 1.50. The quantitative estimate of drug-likeness (QED) is 0.466. The van der Waals surface area contributed by atoms with E-state index in [-0.39, 0.29) is 40.8 Å². The molecule has 0 bridgehead atoms. The maximum absolute atomic E-state index is 12.9. The first-order valence-electron chi connectivity index (χ1n) is 10.2. The number of hydrogen-bond donors (Lipinski definition) is 3. The fraction of sp³-hybridized carbons (Fsp3) is 0.160. The van der Waals surface area contributed by atoms with Crippen molar-refractivity contribution in [3.05, 3.63) is 95.6 Å². The van der Waals surface area contributed by atoms with Gasteiger partial charge in [0, 0.05) is 12.3 Å². The summed E-state index contributed by atoms with van der Waals surface area (Å²) < 4.78 is 0. The first kappa shape index (κ1) is 21.6. The van der Waals surface area contributed by atoms with Crippen LogP contribution in [0, 0.1) is 0 Å². The summed E-state index contributed by atoms with van der Waals surface area (Å²) in [5.41, 5.74) is 3.08. The molecule has 1 saturated heterocycles. The van der Waals surface area contributed by atoms with Crippen molar-refractivity contribution in [1.82, 2.24) is 5.32 Å². The Morgan fingerprint density at radius 1 is 0.969 bits per heavy atom. The minimum Gasteiger partial charge on any atom is -0.506 e. The molecule has 3 aromatic carbocycles. The van der Waals surface area contributed by atoms with E-state index >= 15 is 0 Å². The maximum atomic E-state index is 12.9. The number of aromatic hydroxyl groups is 1. The Morgan fingerprint density at radius 3 is 2.16 bits per heavy atom. The van der Waals surface area contributed by atoms with E-state index in [2.05, 4.69) is 10.6 Å². The molecule has 1 atom stereocenters. The van der Waals surface area contributed by atoms with Gasteiger partial charge in [-0.3, -0.25) is 19.7 Å². The molecule has 1 unspecified atom stereocenters. The van der Waals surface area contributed by atoms with Crippen LogP contribution in [0.1, 0.15) is 29.0 Å². The molecular formula is C25H22N2O4S. The third-order valence-electron chi connectivity index (χ3n) is 5.32. The van der Waals surface area contributed by atoms with E-state index in [1.807, 2.05) is 60.7 Å². The van der Waals surface area contributed by atoms with Crippen molar-refractivity contribution in [2.75, 3.05) is 5.32 Å². The molecule has 7 heteroatoms. The highest BCUT2D eigenvalue weighted by molar-refractivity contribution is 8.15. The number of rotatable bonds is 7. The van der Waals surface area contributed by atoms with E-state index in [1.165, 1.54) is 6.07 Å². The number of imide groups is 1. The van der Waals surface area contributed by atoms with Gasteiger partial charge >= 0.3 is 0 Å². The lowest BCUT2D eigenvalue weighted by Gasteiger charge is -2.18. The number of hydrogen-bond acceptors (Lipinski definition) is 5. The molecule has 1 heterocycles. The summed E-state index contributed by atoms with van der Waals surface area (Å²) in [5, 5.41) is 14.4. The van der Waals surface area contributed by atoms with Gasteiger partial charge in [0.15, 0.2) is 0 Å². The molecule has 0 aromatic heterocycles. The summed E-state index contributed by atoms with van der Waals surface area (Å²) in [6.07, 6.45) is 0.523. The van der Waals surface area contributed by atoms with Gasteiger partial charge in [-0.15, -0.1) is 0 Å². The average molecular weight is 447 g/mol. The molecule has 162 valence electrons. The zero-order chi connectivity index (χ0) is 22.5. The zero-order valence-corrected chi connectivity index (χ0v) is 18.0. The van der Waals surface area contributed by atoms with Gasteiger partial charge in [-0.2, -0.15) is 0 Å². The summed E-state index contributed by atoms with van der Waals surface area (Å²) in [7, 11) is 0. The van der Waals surface area contributed by atoms with Crippen LogP contribution in [-0.2, 0) is 16.0 Å². The van der Waals surface area contributed by atoms with Crippen molar-refractivity contribution in [2.24, 2.45) is 0 Å². The number of phenols is 1. The van der Waals surface area contributed by atoms with Gasteiger partial charge in [0.25, 0.3) is 5.24 Å². The SMILES string of the molecule is O=C(CC(c1ccccc1)c1ccccc1)Nc1cc(CC2SC(=O)NC2=O)ccc1O. The highest BCUT2D eigenvalue weighted by atomic mass is 32.2. The molecule has 3 N–H and O–H groups in total. The van der Waals surface area contributed by atoms with Crippen molar-refractivity contribution in [3.8, 4) is 5.75 Å². The number of nitrogens with one attached hydrogen (secondary N) is 2. The summed E-state index contributed by atoms with van der Waals surface area (Å²) in [4.78, 5) is 36.2. The third kappa shape index (κ3) is 5.18. The number of carbonyl (C=O) groups excluding carboxylic acids is 3. The van der Waals surface area contributed by atoms with Crippen LogP contribution in [0.3, 0.4) is 0 Å². The van der Waals surface area contributed by atoms with Crippen LogP contribution in [0.15, 0.2) is 78.9 Å². The highest BCUT2D eigenvalue weighted by Gasteiger charge is 2.31. The van der Waals surface area contributed by atoms with Crippen LogP contribution < -0.4 is 10.6 Å². The molecule has 1 fully saturated rings. The van der Waals surface area contributed by atoms with E-state index in [9.17, 15) is 19.5 Å². The number of thioether (sulfide) groups is 1. The second-order valence-electron chi connectivity index (χ2n) is 7.57. The highest BCUT2D eigenvalue weighted by Crippen LogP contribution is 2.31. The summed E-state index contributed by atoms with van der Waals surface area (Å²) in [5.74, 6) is -0.754.